The summed E-state index contributed by atoms with van der Waals surface area (Å²) in [6.07, 6.45) is 0. The van der Waals surface area contributed by atoms with E-state index in [-0.39, 0.29) is 18.1 Å². The van der Waals surface area contributed by atoms with Gasteiger partial charge in [0.1, 0.15) is 0 Å². The number of aromatic nitrogens is 5. The number of imidazole rings is 1. The van der Waals surface area contributed by atoms with Gasteiger partial charge in [-0.2, -0.15) is 4.98 Å². The summed E-state index contributed by atoms with van der Waals surface area (Å²) >= 11 is 0. The van der Waals surface area contributed by atoms with Crippen molar-refractivity contribution < 1.29 is 0 Å². The molecule has 180 valence electrons. The number of hydrogen-bond acceptors (Lipinski definition) is 6. The lowest BCUT2D eigenvalue weighted by Crippen LogP contribution is -2.40. The molecule has 0 amide bonds. The van der Waals surface area contributed by atoms with Gasteiger partial charge in [-0.3, -0.25) is 18.9 Å². The molecule has 2 aromatic carbocycles. The summed E-state index contributed by atoms with van der Waals surface area (Å²) in [5.74, 6) is 0.610. The molecule has 2 N–H and O–H groups in total. The third-order valence-electron chi connectivity index (χ3n) is 6.43. The molecule has 0 spiro atoms. The van der Waals surface area contributed by atoms with Gasteiger partial charge < -0.3 is 15.2 Å². The lowest BCUT2D eigenvalue weighted by atomic mass is 10.0. The lowest BCUT2D eigenvalue weighted by molar-refractivity contribution is 0.645. The molecule has 0 aliphatic heterocycles. The fourth-order valence-corrected chi connectivity index (χ4v) is 4.85. The first kappa shape index (κ1) is 22.8. The monoisotopic (exact) mass is 471 g/mol. The highest BCUT2D eigenvalue weighted by atomic mass is 16.2. The molecule has 0 fully saturated rings. The van der Waals surface area contributed by atoms with Crippen molar-refractivity contribution >= 4 is 38.8 Å². The van der Waals surface area contributed by atoms with Crippen molar-refractivity contribution in [2.75, 3.05) is 18.5 Å². The number of para-hydroxylation sites is 1. The van der Waals surface area contributed by atoms with E-state index in [0.29, 0.717) is 35.9 Å². The van der Waals surface area contributed by atoms with Gasteiger partial charge in [-0.05, 0) is 25.3 Å². The lowest BCUT2D eigenvalue weighted by Gasteiger charge is -2.20. The number of hydrogen-bond donors (Lipinski definition) is 1. The first-order valence-corrected chi connectivity index (χ1v) is 11.7. The van der Waals surface area contributed by atoms with E-state index in [1.165, 1.54) is 9.13 Å². The Morgan fingerprint density at radius 1 is 0.971 bits per heavy atom. The van der Waals surface area contributed by atoms with E-state index in [0.717, 1.165) is 21.7 Å². The predicted molar refractivity (Wildman–Crippen MR) is 140 cm³/mol. The van der Waals surface area contributed by atoms with Crippen molar-refractivity contribution in [3.8, 4) is 0 Å². The molecule has 0 aliphatic rings. The second-order valence-corrected chi connectivity index (χ2v) is 9.04. The van der Waals surface area contributed by atoms with E-state index in [4.69, 9.17) is 10.7 Å². The summed E-state index contributed by atoms with van der Waals surface area (Å²) in [6, 6.07) is 15.8. The number of nitrogens with zero attached hydrogens (tertiary/aromatic N) is 6. The highest BCUT2D eigenvalue weighted by Crippen LogP contribution is 2.26. The van der Waals surface area contributed by atoms with Crippen LogP contribution >= 0.6 is 0 Å². The molecule has 0 aliphatic carbocycles. The summed E-state index contributed by atoms with van der Waals surface area (Å²) in [5.41, 5.74) is 7.44. The molecule has 1 unspecified atom stereocenters. The minimum absolute atomic E-state index is 0.0622. The summed E-state index contributed by atoms with van der Waals surface area (Å²) in [7, 11) is 3.54. The second-order valence-electron chi connectivity index (χ2n) is 9.04. The molecule has 0 radical (unpaired) electrons. The number of benzene rings is 2. The van der Waals surface area contributed by atoms with Gasteiger partial charge in [-0.15, -0.1) is 0 Å². The van der Waals surface area contributed by atoms with E-state index >= 15 is 0 Å². The number of nitrogens with two attached hydrogens (primary N) is 1. The second kappa shape index (κ2) is 8.66. The first-order valence-electron chi connectivity index (χ1n) is 11.7. The standard InChI is InChI=1S/C26H29N7O2/c1-5-32-22-23(29-25(32)30(3)14-16(2)27)31(4)26(35)33(24(22)34)15-21-19-12-7-6-10-17(19)18-11-8-9-13-20(18)28-21/h6-13,16H,5,14-15,27H2,1-4H3. The molecule has 1 atom stereocenters. The maximum absolute atomic E-state index is 13.8. The van der Waals surface area contributed by atoms with Crippen molar-refractivity contribution in [1.82, 2.24) is 23.7 Å². The van der Waals surface area contributed by atoms with Crippen LogP contribution < -0.4 is 21.9 Å². The van der Waals surface area contributed by atoms with E-state index in [9.17, 15) is 9.59 Å². The molecule has 5 aromatic rings. The van der Waals surface area contributed by atoms with E-state index in [2.05, 4.69) is 4.98 Å². The van der Waals surface area contributed by atoms with Crippen LogP contribution in [-0.4, -0.2) is 43.3 Å². The van der Waals surface area contributed by atoms with Gasteiger partial charge in [0.05, 0.1) is 17.8 Å². The van der Waals surface area contributed by atoms with Crippen molar-refractivity contribution in [3.63, 3.8) is 0 Å². The quantitative estimate of drug-likeness (QED) is 0.382. The minimum atomic E-state index is -0.427. The Labute approximate surface area is 202 Å². The Morgan fingerprint density at radius 3 is 2.31 bits per heavy atom. The van der Waals surface area contributed by atoms with Crippen LogP contribution in [0, 0.1) is 0 Å². The number of aryl methyl sites for hydroxylation is 2. The van der Waals surface area contributed by atoms with E-state index in [1.54, 1.807) is 7.05 Å². The Balaban J connectivity index is 1.74. The van der Waals surface area contributed by atoms with Gasteiger partial charge in [0.25, 0.3) is 5.56 Å². The third kappa shape index (κ3) is 3.68. The number of fused-ring (bicyclic) bond motifs is 4. The third-order valence-corrected chi connectivity index (χ3v) is 6.43. The van der Waals surface area contributed by atoms with Crippen LogP contribution in [0.25, 0.3) is 32.8 Å². The molecule has 0 saturated heterocycles. The van der Waals surface area contributed by atoms with Crippen molar-refractivity contribution in [2.45, 2.75) is 33.0 Å². The topological polar surface area (TPSA) is 104 Å². The molecule has 9 heteroatoms. The minimum Gasteiger partial charge on any atom is -0.344 e. The summed E-state index contributed by atoms with van der Waals surface area (Å²) in [5, 5.41) is 2.99. The number of pyridine rings is 1. The maximum atomic E-state index is 13.8. The Hall–Kier alpha value is -3.98. The van der Waals surface area contributed by atoms with Gasteiger partial charge in [0, 0.05) is 44.0 Å². The fourth-order valence-electron chi connectivity index (χ4n) is 4.85. The van der Waals surface area contributed by atoms with Crippen molar-refractivity contribution in [2.24, 2.45) is 12.8 Å². The number of rotatable bonds is 6. The Morgan fingerprint density at radius 2 is 1.63 bits per heavy atom. The van der Waals surface area contributed by atoms with Crippen molar-refractivity contribution in [1.29, 1.82) is 0 Å². The zero-order chi connectivity index (χ0) is 24.9. The first-order chi connectivity index (χ1) is 16.8. The highest BCUT2D eigenvalue weighted by molar-refractivity contribution is 6.06. The molecule has 3 aromatic heterocycles. The Kier molecular flexibility index (Phi) is 5.64. The predicted octanol–water partition coefficient (Wildman–Crippen LogP) is 2.45. The van der Waals surface area contributed by atoms with Crippen LogP contribution in [-0.2, 0) is 20.1 Å². The summed E-state index contributed by atoms with van der Waals surface area (Å²) in [4.78, 5) is 38.6. The molecular weight excluding hydrogens is 442 g/mol. The van der Waals surface area contributed by atoms with Gasteiger partial charge >= 0.3 is 5.69 Å². The van der Waals surface area contributed by atoms with Gasteiger partial charge in [-0.1, -0.05) is 42.5 Å². The smallest absolute Gasteiger partial charge is 0.332 e. The molecule has 35 heavy (non-hydrogen) atoms. The zero-order valence-electron chi connectivity index (χ0n) is 20.4. The largest absolute Gasteiger partial charge is 0.344 e. The molecule has 0 saturated carbocycles. The molecule has 9 nitrogen and oxygen atoms in total. The van der Waals surface area contributed by atoms with Gasteiger partial charge in [0.2, 0.25) is 5.95 Å². The Bertz CT molecular complexity index is 1690. The molecular formula is C26H29N7O2. The van der Waals surface area contributed by atoms with Gasteiger partial charge in [0.15, 0.2) is 11.2 Å². The van der Waals surface area contributed by atoms with Crippen LogP contribution in [0.4, 0.5) is 5.95 Å². The summed E-state index contributed by atoms with van der Waals surface area (Å²) in [6.45, 7) is 5.03. The normalized spacial score (nSPS) is 12.6. The zero-order valence-corrected chi connectivity index (χ0v) is 20.4. The van der Waals surface area contributed by atoms with Crippen molar-refractivity contribution in [3.05, 3.63) is 75.1 Å². The number of anilines is 1. The highest BCUT2D eigenvalue weighted by Gasteiger charge is 2.22. The van der Waals surface area contributed by atoms with Crippen LogP contribution in [0.1, 0.15) is 19.5 Å². The van der Waals surface area contributed by atoms with Crippen LogP contribution in [0.2, 0.25) is 0 Å². The molecule has 0 bridgehead atoms. The van der Waals surface area contributed by atoms with Crippen LogP contribution in [0.3, 0.4) is 0 Å². The van der Waals surface area contributed by atoms with E-state index < -0.39 is 5.69 Å². The average Bonchev–Trinajstić information content (AvgIpc) is 3.25. The maximum Gasteiger partial charge on any atom is 0.332 e. The van der Waals surface area contributed by atoms with E-state index in [1.807, 2.05) is 78.9 Å². The molecule has 3 heterocycles. The SMILES string of the molecule is CCn1c(N(C)CC(C)N)nc2c1c(=O)n(Cc1nc3ccccc3c3ccccc13)c(=O)n2C. The van der Waals surface area contributed by atoms with Crippen LogP contribution in [0.15, 0.2) is 58.1 Å². The number of likely N-dealkylation sites (N-methyl/N-ethyl adjacent to an activating group) is 1. The summed E-state index contributed by atoms with van der Waals surface area (Å²) < 4.78 is 4.55. The molecule has 5 rings (SSSR count). The average molecular weight is 472 g/mol. The fraction of sp³-hybridized carbons (Fsp3) is 0.308. The van der Waals surface area contributed by atoms with Crippen LogP contribution in [0.5, 0.6) is 0 Å². The van der Waals surface area contributed by atoms with Gasteiger partial charge in [-0.25, -0.2) is 4.79 Å².